The third-order valence-electron chi connectivity index (χ3n) is 3.78. The molecule has 0 unspecified atom stereocenters. The lowest BCUT2D eigenvalue weighted by molar-refractivity contribution is 0.750. The minimum atomic E-state index is 0.379. The van der Waals surface area contributed by atoms with E-state index in [2.05, 4.69) is 40.5 Å². The number of hydrogen-bond acceptors (Lipinski definition) is 4. The molecule has 0 radical (unpaired) electrons. The summed E-state index contributed by atoms with van der Waals surface area (Å²) in [6.45, 7) is 4.31. The Hall–Kier alpha value is -2.10. The largest absolute Gasteiger partial charge is 0.352 e. The number of rotatable bonds is 6. The van der Waals surface area contributed by atoms with E-state index in [1.54, 1.807) is 0 Å². The van der Waals surface area contributed by atoms with Crippen LogP contribution in [0.25, 0.3) is 0 Å². The van der Waals surface area contributed by atoms with E-state index in [-0.39, 0.29) is 0 Å². The zero-order valence-electron chi connectivity index (χ0n) is 12.6. The second kappa shape index (κ2) is 6.12. The Labute approximate surface area is 126 Å². The van der Waals surface area contributed by atoms with Crippen LogP contribution in [0.15, 0.2) is 36.4 Å². The van der Waals surface area contributed by atoms with Crippen molar-refractivity contribution in [3.63, 3.8) is 0 Å². The van der Waals surface area contributed by atoms with Crippen LogP contribution in [0, 0.1) is 0 Å². The number of nitrogens with one attached hydrogen (secondary N) is 2. The summed E-state index contributed by atoms with van der Waals surface area (Å²) in [7, 11) is 0. The van der Waals surface area contributed by atoms with Crippen LogP contribution in [0.5, 0.6) is 0 Å². The maximum atomic E-state index is 4.66. The standard InChI is InChI=1S/C17H22N4/c1-3-12(2)18-17-20-15(13-9-10-13)11-16(21-17)19-14-7-5-4-6-8-14/h4-8,11-13H,3,9-10H2,1-2H3,(H2,18,19,20,21)/t12-/m1/s1. The van der Waals surface area contributed by atoms with Crippen LogP contribution in [0.4, 0.5) is 17.5 Å². The van der Waals surface area contributed by atoms with E-state index in [1.165, 1.54) is 12.8 Å². The summed E-state index contributed by atoms with van der Waals surface area (Å²) in [4.78, 5) is 9.26. The van der Waals surface area contributed by atoms with Crippen LogP contribution >= 0.6 is 0 Å². The van der Waals surface area contributed by atoms with Crippen LogP contribution in [-0.4, -0.2) is 16.0 Å². The molecule has 1 aliphatic rings. The van der Waals surface area contributed by atoms with Gasteiger partial charge in [-0.1, -0.05) is 25.1 Å². The molecule has 4 nitrogen and oxygen atoms in total. The molecule has 0 bridgehead atoms. The third-order valence-corrected chi connectivity index (χ3v) is 3.78. The molecule has 0 saturated heterocycles. The van der Waals surface area contributed by atoms with Gasteiger partial charge in [-0.15, -0.1) is 0 Å². The van der Waals surface area contributed by atoms with E-state index < -0.39 is 0 Å². The summed E-state index contributed by atoms with van der Waals surface area (Å²) < 4.78 is 0. The first-order valence-electron chi connectivity index (χ1n) is 7.72. The second-order valence-corrected chi connectivity index (χ2v) is 5.72. The van der Waals surface area contributed by atoms with Gasteiger partial charge in [0, 0.05) is 23.7 Å². The van der Waals surface area contributed by atoms with Gasteiger partial charge < -0.3 is 10.6 Å². The van der Waals surface area contributed by atoms with E-state index in [0.717, 1.165) is 29.6 Å². The quantitative estimate of drug-likeness (QED) is 0.829. The monoisotopic (exact) mass is 282 g/mol. The number of para-hydroxylation sites is 1. The van der Waals surface area contributed by atoms with Gasteiger partial charge in [0.2, 0.25) is 5.95 Å². The molecule has 1 atom stereocenters. The van der Waals surface area contributed by atoms with E-state index >= 15 is 0 Å². The highest BCUT2D eigenvalue weighted by atomic mass is 15.2. The summed E-state index contributed by atoms with van der Waals surface area (Å²) in [5.74, 6) is 2.21. The van der Waals surface area contributed by atoms with E-state index in [0.29, 0.717) is 12.0 Å². The highest BCUT2D eigenvalue weighted by molar-refractivity contribution is 5.57. The molecule has 110 valence electrons. The molecule has 1 saturated carbocycles. The van der Waals surface area contributed by atoms with Crippen molar-refractivity contribution in [1.29, 1.82) is 0 Å². The van der Waals surface area contributed by atoms with Crippen LogP contribution in [0.2, 0.25) is 0 Å². The van der Waals surface area contributed by atoms with E-state index in [4.69, 9.17) is 0 Å². The van der Waals surface area contributed by atoms with Crippen molar-refractivity contribution in [3.05, 3.63) is 42.1 Å². The van der Waals surface area contributed by atoms with E-state index in [9.17, 15) is 0 Å². The van der Waals surface area contributed by atoms with Crippen molar-refractivity contribution in [2.75, 3.05) is 10.6 Å². The normalized spacial score (nSPS) is 15.5. The predicted molar refractivity (Wildman–Crippen MR) is 87.1 cm³/mol. The zero-order chi connectivity index (χ0) is 14.7. The summed E-state index contributed by atoms with van der Waals surface area (Å²) in [5.41, 5.74) is 2.20. The van der Waals surface area contributed by atoms with Crippen LogP contribution in [-0.2, 0) is 0 Å². The first-order chi connectivity index (χ1) is 10.2. The number of anilines is 3. The molecule has 0 spiro atoms. The van der Waals surface area contributed by atoms with Crippen molar-refractivity contribution in [2.24, 2.45) is 0 Å². The average Bonchev–Trinajstić information content (AvgIpc) is 3.32. The van der Waals surface area contributed by atoms with Gasteiger partial charge in [-0.2, -0.15) is 4.98 Å². The van der Waals surface area contributed by atoms with Crippen LogP contribution < -0.4 is 10.6 Å². The molecule has 2 aromatic rings. The summed E-state index contributed by atoms with van der Waals surface area (Å²) in [5, 5.41) is 6.75. The Morgan fingerprint density at radius 1 is 1.19 bits per heavy atom. The molecule has 4 heteroatoms. The Kier molecular flexibility index (Phi) is 4.04. The number of nitrogens with zero attached hydrogens (tertiary/aromatic N) is 2. The molecule has 1 fully saturated rings. The molecular weight excluding hydrogens is 260 g/mol. The number of benzene rings is 1. The van der Waals surface area contributed by atoms with Gasteiger partial charge in [0.15, 0.2) is 0 Å². The fourth-order valence-corrected chi connectivity index (χ4v) is 2.17. The fourth-order valence-electron chi connectivity index (χ4n) is 2.17. The van der Waals surface area contributed by atoms with Gasteiger partial charge in [-0.3, -0.25) is 0 Å². The van der Waals surface area contributed by atoms with Crippen molar-refractivity contribution >= 4 is 17.5 Å². The first kappa shape index (κ1) is 13.9. The third kappa shape index (κ3) is 3.72. The van der Waals surface area contributed by atoms with Gasteiger partial charge in [-0.05, 0) is 38.3 Å². The van der Waals surface area contributed by atoms with Crippen LogP contribution in [0.3, 0.4) is 0 Å². The van der Waals surface area contributed by atoms with Crippen molar-refractivity contribution in [1.82, 2.24) is 9.97 Å². The predicted octanol–water partition coefficient (Wildman–Crippen LogP) is 4.31. The Balaban J connectivity index is 1.84. The molecule has 1 heterocycles. The zero-order valence-corrected chi connectivity index (χ0v) is 12.6. The lowest BCUT2D eigenvalue weighted by Gasteiger charge is -2.14. The Morgan fingerprint density at radius 2 is 1.95 bits per heavy atom. The summed E-state index contributed by atoms with van der Waals surface area (Å²) >= 11 is 0. The fraction of sp³-hybridized carbons (Fsp3) is 0.412. The first-order valence-corrected chi connectivity index (χ1v) is 7.72. The van der Waals surface area contributed by atoms with Crippen molar-refractivity contribution in [3.8, 4) is 0 Å². The highest BCUT2D eigenvalue weighted by Crippen LogP contribution is 2.40. The molecule has 1 aromatic heterocycles. The molecular formula is C17H22N4. The number of hydrogen-bond donors (Lipinski definition) is 2. The van der Waals surface area contributed by atoms with Gasteiger partial charge in [0.25, 0.3) is 0 Å². The maximum Gasteiger partial charge on any atom is 0.225 e. The second-order valence-electron chi connectivity index (χ2n) is 5.72. The SMILES string of the molecule is CC[C@@H](C)Nc1nc(Nc2ccccc2)cc(C2CC2)n1. The topological polar surface area (TPSA) is 49.8 Å². The lowest BCUT2D eigenvalue weighted by Crippen LogP contribution is -2.16. The minimum Gasteiger partial charge on any atom is -0.352 e. The molecule has 1 aliphatic carbocycles. The highest BCUT2D eigenvalue weighted by Gasteiger charge is 2.26. The summed E-state index contributed by atoms with van der Waals surface area (Å²) in [6.07, 6.45) is 3.54. The lowest BCUT2D eigenvalue weighted by atomic mass is 10.2. The van der Waals surface area contributed by atoms with Gasteiger partial charge >= 0.3 is 0 Å². The molecule has 21 heavy (non-hydrogen) atoms. The molecule has 2 N–H and O–H groups in total. The average molecular weight is 282 g/mol. The van der Waals surface area contributed by atoms with Crippen LogP contribution in [0.1, 0.15) is 44.7 Å². The van der Waals surface area contributed by atoms with Gasteiger partial charge in [0.05, 0.1) is 5.69 Å². The molecule has 0 amide bonds. The van der Waals surface area contributed by atoms with Crippen molar-refractivity contribution in [2.45, 2.75) is 45.1 Å². The maximum absolute atomic E-state index is 4.66. The Bertz CT molecular complexity index is 593. The molecule has 1 aromatic carbocycles. The van der Waals surface area contributed by atoms with Gasteiger partial charge in [0.1, 0.15) is 5.82 Å². The summed E-state index contributed by atoms with van der Waals surface area (Å²) in [6, 6.07) is 12.6. The van der Waals surface area contributed by atoms with Gasteiger partial charge in [-0.25, -0.2) is 4.98 Å². The molecule has 3 rings (SSSR count). The van der Waals surface area contributed by atoms with E-state index in [1.807, 2.05) is 30.3 Å². The Morgan fingerprint density at radius 3 is 2.62 bits per heavy atom. The molecule has 0 aliphatic heterocycles. The number of aromatic nitrogens is 2. The minimum absolute atomic E-state index is 0.379. The van der Waals surface area contributed by atoms with Crippen molar-refractivity contribution < 1.29 is 0 Å². The smallest absolute Gasteiger partial charge is 0.225 e.